The van der Waals surface area contributed by atoms with Gasteiger partial charge in [-0.15, -0.1) is 0 Å². The van der Waals surface area contributed by atoms with Gasteiger partial charge in [-0.1, -0.05) is 238 Å². The summed E-state index contributed by atoms with van der Waals surface area (Å²) in [6.07, 6.45) is 82.9. The third-order valence-corrected chi connectivity index (χ3v) is 11.9. The summed E-state index contributed by atoms with van der Waals surface area (Å²) in [7, 11) is 0. The molecule has 0 aromatic carbocycles. The number of carbonyl (C=O) groups is 3. The van der Waals surface area contributed by atoms with Crippen molar-refractivity contribution < 1.29 is 28.6 Å². The first-order valence-electron chi connectivity index (χ1n) is 29.2. The molecule has 0 aromatic heterocycles. The summed E-state index contributed by atoms with van der Waals surface area (Å²) in [4.78, 5) is 38.2. The number of carbonyl (C=O) groups excluding carboxylic acids is 3. The lowest BCUT2D eigenvalue weighted by atomic mass is 10.1. The average Bonchev–Trinajstić information content (AvgIpc) is 3.38. The largest absolute Gasteiger partial charge is 0.462 e. The Morgan fingerprint density at radius 3 is 1.04 bits per heavy atom. The van der Waals surface area contributed by atoms with Crippen molar-refractivity contribution in [2.75, 3.05) is 13.2 Å². The van der Waals surface area contributed by atoms with Crippen molar-refractivity contribution >= 4 is 17.9 Å². The number of allylic oxidation sites excluding steroid dienone is 22. The predicted octanol–water partition coefficient (Wildman–Crippen LogP) is 19.8. The van der Waals surface area contributed by atoms with Crippen LogP contribution >= 0.6 is 0 Å². The lowest BCUT2D eigenvalue weighted by Crippen LogP contribution is -2.30. The predicted molar refractivity (Wildman–Crippen MR) is 311 cm³/mol. The fraction of sp³-hybridized carbons (Fsp3) is 0.621. The molecule has 0 radical (unpaired) electrons. The minimum absolute atomic E-state index is 0.116. The number of ether oxygens (including phenoxy) is 3. The highest BCUT2D eigenvalue weighted by Crippen LogP contribution is 2.13. The molecular formula is C66H106O6. The standard InChI is InChI=1S/C66H106O6/c1-4-7-10-13-16-19-22-25-28-31-33-36-38-41-44-47-50-53-56-59-65(68)71-62-63(61-70-64(67)58-55-52-49-46-43-40-37-34-30-27-24-21-18-15-12-9-6-3)72-66(69)60-57-54-51-48-45-42-39-35-32-29-26-23-20-17-14-11-8-5-2/h7,10,16,18-19,21,23,25-30,32-33,35-37,39-40,46,49,63H,4-6,8-9,11-15,17,20,22,24,31,34,38,41-45,47-48,50-62H2,1-3H3/b10-7-,19-16-,21-18-,26-23-,28-25-,30-27-,32-29-,36-33-,39-35-,40-37-,49-46-. The third-order valence-electron chi connectivity index (χ3n) is 11.9. The topological polar surface area (TPSA) is 78.9 Å². The summed E-state index contributed by atoms with van der Waals surface area (Å²) in [6.45, 7) is 6.40. The summed E-state index contributed by atoms with van der Waals surface area (Å²) in [5, 5.41) is 0. The third kappa shape index (κ3) is 56.5. The molecule has 406 valence electrons. The van der Waals surface area contributed by atoms with E-state index >= 15 is 0 Å². The maximum absolute atomic E-state index is 12.9. The normalized spacial score (nSPS) is 13.1. The van der Waals surface area contributed by atoms with Crippen molar-refractivity contribution in [3.05, 3.63) is 134 Å². The molecule has 0 aliphatic heterocycles. The van der Waals surface area contributed by atoms with Gasteiger partial charge in [0.2, 0.25) is 0 Å². The minimum atomic E-state index is -0.823. The molecule has 0 aliphatic carbocycles. The first-order chi connectivity index (χ1) is 35.5. The van der Waals surface area contributed by atoms with Crippen molar-refractivity contribution in [2.24, 2.45) is 0 Å². The molecule has 0 saturated carbocycles. The van der Waals surface area contributed by atoms with E-state index in [4.69, 9.17) is 14.2 Å². The Morgan fingerprint density at radius 2 is 0.611 bits per heavy atom. The van der Waals surface area contributed by atoms with E-state index in [1.54, 1.807) is 0 Å². The molecule has 0 fully saturated rings. The SMILES string of the molecule is CC/C=C\C/C=C\C/C=C\C/C=C\CCCCCCCCC(=O)OCC(COC(=O)CCC/C=C\C/C=C\C/C=C\C/C=C\CCCCC)OC(=O)CCCCCCC\C=C/C=C\C=C/CCCCCCC. The Balaban J connectivity index is 4.56. The zero-order valence-corrected chi connectivity index (χ0v) is 46.4. The smallest absolute Gasteiger partial charge is 0.306 e. The van der Waals surface area contributed by atoms with Gasteiger partial charge in [-0.05, 0) is 122 Å². The number of unbranched alkanes of at least 4 members (excludes halogenated alkanes) is 20. The van der Waals surface area contributed by atoms with Gasteiger partial charge >= 0.3 is 17.9 Å². The average molecular weight is 996 g/mol. The van der Waals surface area contributed by atoms with E-state index in [0.29, 0.717) is 12.8 Å². The summed E-state index contributed by atoms with van der Waals surface area (Å²) in [5.41, 5.74) is 0. The van der Waals surface area contributed by atoms with Crippen LogP contribution in [0.2, 0.25) is 0 Å². The van der Waals surface area contributed by atoms with Gasteiger partial charge in [0.15, 0.2) is 6.10 Å². The zero-order valence-electron chi connectivity index (χ0n) is 46.4. The molecule has 0 saturated heterocycles. The Hall–Kier alpha value is -4.45. The second kappa shape index (κ2) is 59.1. The van der Waals surface area contributed by atoms with Gasteiger partial charge in [-0.2, -0.15) is 0 Å². The molecule has 0 rings (SSSR count). The fourth-order valence-corrected chi connectivity index (χ4v) is 7.54. The van der Waals surface area contributed by atoms with Crippen LogP contribution in [0.3, 0.4) is 0 Å². The van der Waals surface area contributed by atoms with Crippen molar-refractivity contribution in [3.8, 4) is 0 Å². The number of rotatable bonds is 51. The molecule has 0 spiro atoms. The molecule has 0 bridgehead atoms. The van der Waals surface area contributed by atoms with Gasteiger partial charge in [0, 0.05) is 19.3 Å². The van der Waals surface area contributed by atoms with E-state index in [1.165, 1.54) is 70.6 Å². The maximum Gasteiger partial charge on any atom is 0.306 e. The van der Waals surface area contributed by atoms with Crippen molar-refractivity contribution in [1.82, 2.24) is 0 Å². The van der Waals surface area contributed by atoms with E-state index in [1.807, 2.05) is 0 Å². The molecule has 0 N–H and O–H groups in total. The lowest BCUT2D eigenvalue weighted by molar-refractivity contribution is -0.167. The first kappa shape index (κ1) is 67.5. The molecule has 0 aliphatic rings. The van der Waals surface area contributed by atoms with Gasteiger partial charge in [-0.3, -0.25) is 14.4 Å². The van der Waals surface area contributed by atoms with Crippen LogP contribution in [0.1, 0.15) is 245 Å². The second-order valence-electron chi connectivity index (χ2n) is 18.9. The van der Waals surface area contributed by atoms with E-state index < -0.39 is 6.10 Å². The van der Waals surface area contributed by atoms with Gasteiger partial charge < -0.3 is 14.2 Å². The fourth-order valence-electron chi connectivity index (χ4n) is 7.54. The van der Waals surface area contributed by atoms with Crippen LogP contribution in [0.5, 0.6) is 0 Å². The summed E-state index contributed by atoms with van der Waals surface area (Å²) >= 11 is 0. The van der Waals surface area contributed by atoms with Gasteiger partial charge in [0.05, 0.1) is 0 Å². The van der Waals surface area contributed by atoms with E-state index in [9.17, 15) is 14.4 Å². The number of hydrogen-bond donors (Lipinski definition) is 0. The Morgan fingerprint density at radius 1 is 0.306 bits per heavy atom. The number of esters is 3. The monoisotopic (exact) mass is 995 g/mol. The van der Waals surface area contributed by atoms with Crippen molar-refractivity contribution in [2.45, 2.75) is 252 Å². The van der Waals surface area contributed by atoms with E-state index in [0.717, 1.165) is 128 Å². The summed E-state index contributed by atoms with van der Waals surface area (Å²) < 4.78 is 16.8. The molecular weight excluding hydrogens is 889 g/mol. The van der Waals surface area contributed by atoms with Crippen LogP contribution in [-0.4, -0.2) is 37.2 Å². The highest BCUT2D eigenvalue weighted by atomic mass is 16.6. The van der Waals surface area contributed by atoms with Crippen LogP contribution in [0.15, 0.2) is 134 Å². The molecule has 72 heavy (non-hydrogen) atoms. The summed E-state index contributed by atoms with van der Waals surface area (Å²) in [6, 6.07) is 0. The lowest BCUT2D eigenvalue weighted by Gasteiger charge is -2.18. The minimum Gasteiger partial charge on any atom is -0.462 e. The highest BCUT2D eigenvalue weighted by molar-refractivity contribution is 5.71. The first-order valence-corrected chi connectivity index (χ1v) is 29.2. The van der Waals surface area contributed by atoms with Crippen LogP contribution in [0.4, 0.5) is 0 Å². The van der Waals surface area contributed by atoms with Gasteiger partial charge in [0.1, 0.15) is 13.2 Å². The molecule has 0 amide bonds. The van der Waals surface area contributed by atoms with Gasteiger partial charge in [-0.25, -0.2) is 0 Å². The van der Waals surface area contributed by atoms with Crippen molar-refractivity contribution in [3.63, 3.8) is 0 Å². The quantitative estimate of drug-likeness (QED) is 0.0199. The van der Waals surface area contributed by atoms with Crippen molar-refractivity contribution in [1.29, 1.82) is 0 Å². The molecule has 0 heterocycles. The van der Waals surface area contributed by atoms with Crippen LogP contribution in [0, 0.1) is 0 Å². The molecule has 6 nitrogen and oxygen atoms in total. The van der Waals surface area contributed by atoms with Crippen LogP contribution in [0.25, 0.3) is 0 Å². The Labute approximate surface area is 443 Å². The highest BCUT2D eigenvalue weighted by Gasteiger charge is 2.19. The molecule has 6 heteroatoms. The summed E-state index contributed by atoms with van der Waals surface area (Å²) in [5.74, 6) is -1.01. The Kier molecular flexibility index (Phi) is 55.5. The van der Waals surface area contributed by atoms with Crippen LogP contribution in [-0.2, 0) is 28.6 Å². The van der Waals surface area contributed by atoms with Gasteiger partial charge in [0.25, 0.3) is 0 Å². The number of hydrogen-bond acceptors (Lipinski definition) is 6. The molecule has 1 atom stereocenters. The van der Waals surface area contributed by atoms with E-state index in [-0.39, 0.29) is 44.0 Å². The second-order valence-corrected chi connectivity index (χ2v) is 18.9. The molecule has 0 aromatic rings. The van der Waals surface area contributed by atoms with E-state index in [2.05, 4.69) is 154 Å². The maximum atomic E-state index is 12.9. The van der Waals surface area contributed by atoms with Crippen LogP contribution < -0.4 is 0 Å². The Bertz CT molecular complexity index is 1560. The zero-order chi connectivity index (χ0) is 52.2. The molecule has 1 unspecified atom stereocenters.